The van der Waals surface area contributed by atoms with E-state index in [2.05, 4.69) is 43.3 Å². The van der Waals surface area contributed by atoms with E-state index in [1.165, 1.54) is 17.7 Å². The molecule has 1 aliphatic carbocycles. The Morgan fingerprint density at radius 3 is 2.30 bits per heavy atom. The highest BCUT2D eigenvalue weighted by Crippen LogP contribution is 2.44. The number of aryl methyl sites for hydroxylation is 1. The van der Waals surface area contributed by atoms with Gasteiger partial charge in [-0.05, 0) is 116 Å². The number of anilines is 2. The fourth-order valence-corrected chi connectivity index (χ4v) is 12.0. The molecule has 23 heteroatoms. The molecule has 1 fully saturated rings. The van der Waals surface area contributed by atoms with Gasteiger partial charge in [0.1, 0.15) is 36.1 Å². The minimum Gasteiger partial charge on any atom is -0.491 e. The third-order valence-electron chi connectivity index (χ3n) is 16.8. The van der Waals surface area contributed by atoms with Gasteiger partial charge in [-0.2, -0.15) is 5.10 Å². The van der Waals surface area contributed by atoms with Crippen LogP contribution in [0.5, 0.6) is 11.6 Å². The van der Waals surface area contributed by atoms with Gasteiger partial charge >= 0.3 is 0 Å². The molecule has 22 nitrogen and oxygen atoms in total. The molecule has 5 heterocycles. The van der Waals surface area contributed by atoms with Crippen molar-refractivity contribution < 1.29 is 56.8 Å². The maximum atomic E-state index is 14.7. The van der Waals surface area contributed by atoms with Crippen molar-refractivity contribution in [3.63, 3.8) is 0 Å². The molecule has 2 aromatic heterocycles. The summed E-state index contributed by atoms with van der Waals surface area (Å²) >= 11 is 0. The fraction of sp³-hybridized carbons (Fsp3) is 0.523. The Morgan fingerprint density at radius 1 is 0.841 bits per heavy atom. The third-order valence-corrected chi connectivity index (χ3v) is 16.8. The Labute approximate surface area is 514 Å². The molecule has 3 aliphatic heterocycles. The van der Waals surface area contributed by atoms with Crippen molar-refractivity contribution in [2.24, 2.45) is 5.41 Å². The van der Waals surface area contributed by atoms with E-state index in [9.17, 15) is 28.4 Å². The Hall–Kier alpha value is -7.70. The van der Waals surface area contributed by atoms with Gasteiger partial charge in [0.2, 0.25) is 29.5 Å². The van der Waals surface area contributed by atoms with E-state index >= 15 is 0 Å². The topological polar surface area (TPSA) is 255 Å². The van der Waals surface area contributed by atoms with Crippen molar-refractivity contribution in [2.45, 2.75) is 122 Å². The Balaban J connectivity index is 0.666. The van der Waals surface area contributed by atoms with Crippen LogP contribution in [0.2, 0.25) is 0 Å². The van der Waals surface area contributed by atoms with E-state index < -0.39 is 29.4 Å². The zero-order valence-corrected chi connectivity index (χ0v) is 51.8. The first kappa shape index (κ1) is 64.8. The monoisotopic (exact) mass is 1220 g/mol. The van der Waals surface area contributed by atoms with Crippen LogP contribution in [0.4, 0.5) is 15.9 Å². The van der Waals surface area contributed by atoms with Gasteiger partial charge in [-0.1, -0.05) is 51.1 Å². The standard InChI is InChI=1S/C65H86FN11O11/c1-41(68-5)60(79)72-58(65(2,3)4)63(82)76-39-45-34-47(19-17-43(45)35-55(76)61(80)71-51-15-10-13-42-12-8-9-14-48(42)51)88-33-32-87-31-30-86-29-28-85-27-26-84-25-21-56(78)69-22-24-77-64(83-7)57-44-36-54(59(67)70-38-44)75-23-11-16-53(75)50-37-46(66)18-20-49(50)62(81)74(6)40-52(57)73-77/h8-9,12,14,17-20,34,36-38,41,51,53,55,58,68H,10-11,13,15-16,21-33,35,39-40H2,1-7H3,(H2,67,70)(H,69,78)(H,71,80)(H,72,79)/t41-,51?,53+,55-,58+/m0/s1. The largest absolute Gasteiger partial charge is 0.491 e. The molecule has 3 aromatic carbocycles. The van der Waals surface area contributed by atoms with Crippen LogP contribution >= 0.6 is 0 Å². The number of nitrogen functional groups attached to an aromatic ring is 1. The number of amides is 5. The van der Waals surface area contributed by atoms with E-state index in [4.69, 9.17) is 39.3 Å². The normalized spacial score (nSPS) is 17.9. The number of methoxy groups -OCH3 is 1. The van der Waals surface area contributed by atoms with Crippen molar-refractivity contribution in [3.05, 3.63) is 118 Å². The van der Waals surface area contributed by atoms with Crippen molar-refractivity contribution in [2.75, 3.05) is 104 Å². The predicted octanol–water partition coefficient (Wildman–Crippen LogP) is 5.84. The lowest BCUT2D eigenvalue weighted by molar-refractivity contribution is -0.147. The van der Waals surface area contributed by atoms with Gasteiger partial charge in [0, 0.05) is 56.8 Å². The number of hydrogen-bond acceptors (Lipinski definition) is 16. The molecule has 5 amide bonds. The van der Waals surface area contributed by atoms with E-state index in [1.54, 1.807) is 54.9 Å². The Bertz CT molecular complexity index is 3260. The fourth-order valence-electron chi connectivity index (χ4n) is 12.0. The summed E-state index contributed by atoms with van der Waals surface area (Å²) in [5, 5.41) is 17.0. The van der Waals surface area contributed by atoms with Gasteiger partial charge < -0.3 is 70.1 Å². The van der Waals surface area contributed by atoms with Gasteiger partial charge in [0.25, 0.3) is 5.91 Å². The second kappa shape index (κ2) is 30.0. The summed E-state index contributed by atoms with van der Waals surface area (Å²) in [6, 6.07) is 17.5. The Morgan fingerprint density at radius 2 is 1.57 bits per heavy atom. The molecule has 0 spiro atoms. The van der Waals surface area contributed by atoms with Crippen molar-refractivity contribution >= 4 is 41.0 Å². The van der Waals surface area contributed by atoms with Crippen LogP contribution < -0.4 is 41.4 Å². The number of hydrogen-bond donors (Lipinski definition) is 5. The Kier molecular flexibility index (Phi) is 22.1. The highest BCUT2D eigenvalue weighted by Gasteiger charge is 2.43. The third kappa shape index (κ3) is 15.8. The van der Waals surface area contributed by atoms with Crippen LogP contribution in [-0.2, 0) is 70.6 Å². The summed E-state index contributed by atoms with van der Waals surface area (Å²) in [7, 11) is 4.93. The van der Waals surface area contributed by atoms with Gasteiger partial charge in [0.05, 0.1) is 108 Å². The molecule has 5 atom stereocenters. The number of benzene rings is 3. The maximum absolute atomic E-state index is 14.7. The molecule has 4 aliphatic rings. The van der Waals surface area contributed by atoms with Gasteiger partial charge in [-0.3, -0.25) is 24.0 Å². The highest BCUT2D eigenvalue weighted by molar-refractivity contribution is 5.97. The number of halogens is 1. The number of pyridine rings is 1. The first-order valence-corrected chi connectivity index (χ1v) is 30.6. The quantitative estimate of drug-likeness (QED) is 0.0408. The molecule has 2 bridgehead atoms. The number of likely N-dealkylation sites (N-methyl/N-ethyl adjacent to an activating group) is 1. The first-order valence-electron chi connectivity index (χ1n) is 30.6. The van der Waals surface area contributed by atoms with E-state index in [0.717, 1.165) is 42.4 Å². The molecule has 6 N–H and O–H groups in total. The molecule has 0 saturated carbocycles. The van der Waals surface area contributed by atoms with Crippen LogP contribution in [-0.4, -0.2) is 166 Å². The van der Waals surface area contributed by atoms with Crippen molar-refractivity contribution in [1.29, 1.82) is 0 Å². The zero-order valence-electron chi connectivity index (χ0n) is 51.8. The van der Waals surface area contributed by atoms with Gasteiger partial charge in [0.15, 0.2) is 0 Å². The zero-order chi connectivity index (χ0) is 62.5. The first-order chi connectivity index (χ1) is 42.4. The van der Waals surface area contributed by atoms with Crippen LogP contribution in [0.15, 0.2) is 72.9 Å². The SMILES string of the molecule is CN[C@@H](C)C(=O)N[C@H](C(=O)N1Cc2cc(OCCOCCOCCOCCOCCC(=O)NCCn3nc4c(c3OC)-c3cnc(N)c(c3)N3CCC[C@@H]3c3cc(F)ccc3C(=O)N(C)C4)ccc2C[C@H]1C(=O)NC1CCCc2ccccc21)C(C)(C)C. The van der Waals surface area contributed by atoms with Gasteiger partial charge in [-0.15, -0.1) is 0 Å². The summed E-state index contributed by atoms with van der Waals surface area (Å²) in [5.41, 5.74) is 13.6. The summed E-state index contributed by atoms with van der Waals surface area (Å²) in [5.74, 6) is -0.369. The summed E-state index contributed by atoms with van der Waals surface area (Å²) < 4.78 is 51.2. The number of fused-ring (bicyclic) bond motifs is 10. The molecule has 0 radical (unpaired) electrons. The molecule has 1 saturated heterocycles. The average Bonchev–Trinajstić information content (AvgIpc) is 2.10. The predicted molar refractivity (Wildman–Crippen MR) is 329 cm³/mol. The number of nitrogens with one attached hydrogen (secondary N) is 4. The smallest absolute Gasteiger partial charge is 0.254 e. The van der Waals surface area contributed by atoms with Gasteiger partial charge in [-0.25, -0.2) is 14.1 Å². The van der Waals surface area contributed by atoms with Crippen LogP contribution in [0.3, 0.4) is 0 Å². The minimum absolute atomic E-state index is 0.119. The van der Waals surface area contributed by atoms with Crippen molar-refractivity contribution in [3.8, 4) is 22.8 Å². The minimum atomic E-state index is -0.892. The highest BCUT2D eigenvalue weighted by atomic mass is 19.1. The van der Waals surface area contributed by atoms with E-state index in [0.29, 0.717) is 117 Å². The lowest BCUT2D eigenvalue weighted by Gasteiger charge is -2.41. The number of carbonyl (C=O) groups is 5. The second-order valence-corrected chi connectivity index (χ2v) is 23.9. The maximum Gasteiger partial charge on any atom is 0.254 e. The summed E-state index contributed by atoms with van der Waals surface area (Å²) in [6.07, 6.45) is 6.37. The average molecular weight is 1220 g/mol. The van der Waals surface area contributed by atoms with E-state index in [-0.39, 0.29) is 87.4 Å². The number of aromatic nitrogens is 3. The second-order valence-electron chi connectivity index (χ2n) is 23.9. The number of nitrogens with two attached hydrogens (primary N) is 1. The van der Waals surface area contributed by atoms with Crippen LogP contribution in [0.1, 0.15) is 116 Å². The molecule has 88 heavy (non-hydrogen) atoms. The van der Waals surface area contributed by atoms with Crippen molar-refractivity contribution in [1.82, 2.24) is 45.8 Å². The van der Waals surface area contributed by atoms with E-state index in [1.807, 2.05) is 57.2 Å². The molecule has 5 aromatic rings. The lowest BCUT2D eigenvalue weighted by atomic mass is 9.83. The lowest BCUT2D eigenvalue weighted by Crippen LogP contribution is -2.62. The molecule has 9 rings (SSSR count). The number of nitrogens with zero attached hydrogens (tertiary/aromatic N) is 6. The molecule has 1 unspecified atom stereocenters. The summed E-state index contributed by atoms with van der Waals surface area (Å²) in [4.78, 5) is 79.0. The molecular formula is C65H86FN11O11. The summed E-state index contributed by atoms with van der Waals surface area (Å²) in [6.45, 7) is 11.8. The number of ether oxygens (including phenoxy) is 6. The number of carbonyl (C=O) groups excluding carboxylic acids is 5. The molecular weight excluding hydrogens is 1130 g/mol. The molecule has 474 valence electrons. The number of rotatable bonds is 26. The van der Waals surface area contributed by atoms with Crippen LogP contribution in [0, 0.1) is 11.2 Å². The van der Waals surface area contributed by atoms with Crippen LogP contribution in [0.25, 0.3) is 11.1 Å².